The summed E-state index contributed by atoms with van der Waals surface area (Å²) < 4.78 is 1.26. The Kier molecular flexibility index (Phi) is 0.863. The van der Waals surface area contributed by atoms with Gasteiger partial charge in [-0.25, -0.2) is 0 Å². The van der Waals surface area contributed by atoms with Crippen LogP contribution in [0.4, 0.5) is 0 Å². The second-order valence-corrected chi connectivity index (χ2v) is 14.8. The summed E-state index contributed by atoms with van der Waals surface area (Å²) in [5.74, 6) is 9.26. The van der Waals surface area contributed by atoms with Gasteiger partial charge in [0.25, 0.3) is 0 Å². The van der Waals surface area contributed by atoms with Crippen molar-refractivity contribution in [3.63, 3.8) is 0 Å². The molecule has 5 spiro atoms. The Morgan fingerprint density at radius 1 is 0.727 bits per heavy atom. The summed E-state index contributed by atoms with van der Waals surface area (Å²) in [6.45, 7) is 0. The van der Waals surface area contributed by atoms with E-state index in [-0.39, 0.29) is 0 Å². The summed E-state index contributed by atoms with van der Waals surface area (Å²) in [7, 11) is 0. The van der Waals surface area contributed by atoms with Crippen molar-refractivity contribution in [1.82, 2.24) is 0 Å². The van der Waals surface area contributed by atoms with E-state index in [9.17, 15) is 0 Å². The zero-order chi connectivity index (χ0) is 13.7. The fourth-order valence-corrected chi connectivity index (χ4v) is 20.7. The second-order valence-electron chi connectivity index (χ2n) is 11.9. The quantitative estimate of drug-likeness (QED) is 0.517. The smallest absolute Gasteiger partial charge is 0.0368 e. The van der Waals surface area contributed by atoms with Crippen molar-refractivity contribution in [2.24, 2.45) is 74.4 Å². The summed E-state index contributed by atoms with van der Waals surface area (Å²) in [5, 5.41) is 0. The molecule has 0 aromatic carbocycles. The van der Waals surface area contributed by atoms with Gasteiger partial charge in [-0.1, -0.05) is 31.9 Å². The normalized spacial score (nSPS) is 106. The molecular weight excluding hydrogens is 400 g/mol. The Morgan fingerprint density at radius 2 is 1.50 bits per heavy atom. The van der Waals surface area contributed by atoms with Crippen molar-refractivity contribution >= 4 is 31.9 Å². The minimum atomic E-state index is 0.628. The number of rotatable bonds is 0. The van der Waals surface area contributed by atoms with E-state index in [4.69, 9.17) is 0 Å². The summed E-state index contributed by atoms with van der Waals surface area (Å²) in [6.07, 6.45) is 8.32. The average molecular weight is 418 g/mol. The van der Waals surface area contributed by atoms with E-state index in [2.05, 4.69) is 31.9 Å². The van der Waals surface area contributed by atoms with Gasteiger partial charge in [-0.15, -0.1) is 0 Å². The summed E-state index contributed by atoms with van der Waals surface area (Å²) in [4.78, 5) is 0. The zero-order valence-corrected chi connectivity index (χ0v) is 15.6. The van der Waals surface area contributed by atoms with E-state index in [1.807, 2.05) is 0 Å². The van der Waals surface area contributed by atoms with Gasteiger partial charge in [0.15, 0.2) is 0 Å². The van der Waals surface area contributed by atoms with Crippen LogP contribution in [0, 0.1) is 74.4 Å². The summed E-state index contributed by atoms with van der Waals surface area (Å²) >= 11 is 9.26. The van der Waals surface area contributed by atoms with Crippen LogP contribution in [0.3, 0.4) is 0 Å². The molecule has 0 N–H and O–H groups in total. The van der Waals surface area contributed by atoms with Crippen LogP contribution in [0.1, 0.15) is 32.1 Å². The number of halogens is 2. The molecule has 0 radical (unpaired) electrons. The van der Waals surface area contributed by atoms with Crippen molar-refractivity contribution in [2.45, 2.75) is 40.8 Å². The Balaban J connectivity index is 1.57. The topological polar surface area (TPSA) is 0 Å². The molecule has 22 heavy (non-hydrogen) atoms. The minimum absolute atomic E-state index is 0.628. The van der Waals surface area contributed by atoms with Crippen LogP contribution in [-0.4, -0.2) is 8.65 Å². The van der Waals surface area contributed by atoms with Crippen molar-refractivity contribution in [2.75, 3.05) is 0 Å². The Bertz CT molecular complexity index is 863. The summed E-state index contributed by atoms with van der Waals surface area (Å²) in [6, 6.07) is 0. The van der Waals surface area contributed by atoms with Crippen LogP contribution in [0.2, 0.25) is 0 Å². The third-order valence-electron chi connectivity index (χ3n) is 14.2. The van der Waals surface area contributed by atoms with Gasteiger partial charge < -0.3 is 0 Å². The van der Waals surface area contributed by atoms with Crippen molar-refractivity contribution in [3.05, 3.63) is 0 Å². The lowest BCUT2D eigenvalue weighted by atomic mass is 9.14. The fraction of sp³-hybridized carbons (Fsp3) is 1.00. The van der Waals surface area contributed by atoms with Crippen LogP contribution >= 0.6 is 31.9 Å². The summed E-state index contributed by atoms with van der Waals surface area (Å²) in [5.41, 5.74) is 4.31. The lowest BCUT2D eigenvalue weighted by Gasteiger charge is -2.89. The molecule has 15 unspecified atom stereocenters. The molecule has 2 heteroatoms. The molecule has 12 aliphatic rings. The number of fused-ring (bicyclic) bond motifs is 1. The van der Waals surface area contributed by atoms with Crippen molar-refractivity contribution < 1.29 is 0 Å². The molecule has 0 aromatic heterocycles. The molecule has 15 atom stereocenters. The predicted octanol–water partition coefficient (Wildman–Crippen LogP) is 4.22. The largest absolute Gasteiger partial charge is 0.0843 e. The van der Waals surface area contributed by atoms with E-state index in [0.717, 1.165) is 50.7 Å². The molecule has 0 heterocycles. The van der Waals surface area contributed by atoms with Gasteiger partial charge in [0, 0.05) is 19.5 Å². The molecule has 0 nitrogen and oxygen atoms in total. The SMILES string of the molecule is BrC12CC3C4C1C1CC4(Br)C45C67CC8C(C6)C34C23C8CC7C135. The highest BCUT2D eigenvalue weighted by molar-refractivity contribution is 9.10. The minimum Gasteiger partial charge on any atom is -0.0843 e. The van der Waals surface area contributed by atoms with Crippen molar-refractivity contribution in [3.8, 4) is 0 Å². The molecule has 0 aliphatic heterocycles. The first-order valence-electron chi connectivity index (χ1n) is 9.97. The molecule has 112 valence electrons. The van der Waals surface area contributed by atoms with E-state index in [0.29, 0.717) is 8.65 Å². The predicted molar refractivity (Wildman–Crippen MR) is 86.5 cm³/mol. The Morgan fingerprint density at radius 3 is 2.41 bits per heavy atom. The van der Waals surface area contributed by atoms with Crippen LogP contribution in [0.5, 0.6) is 0 Å². The van der Waals surface area contributed by atoms with Gasteiger partial charge in [0.2, 0.25) is 0 Å². The van der Waals surface area contributed by atoms with Gasteiger partial charge in [-0.05, 0) is 95.7 Å². The highest BCUT2D eigenvalue weighted by atomic mass is 79.9. The molecule has 0 amide bonds. The molecule has 0 saturated heterocycles. The zero-order valence-electron chi connectivity index (χ0n) is 12.4. The monoisotopic (exact) mass is 416 g/mol. The molecular formula is C20H18Br2. The van der Waals surface area contributed by atoms with Crippen LogP contribution < -0.4 is 0 Å². The molecule has 12 rings (SSSR count). The lowest BCUT2D eigenvalue weighted by Crippen LogP contribution is -2.89. The van der Waals surface area contributed by atoms with E-state index in [1.165, 1.54) is 23.7 Å². The van der Waals surface area contributed by atoms with Crippen LogP contribution in [0.15, 0.2) is 0 Å². The van der Waals surface area contributed by atoms with Crippen LogP contribution in [-0.2, 0) is 0 Å². The van der Waals surface area contributed by atoms with Gasteiger partial charge in [-0.3, -0.25) is 0 Å². The first-order chi connectivity index (χ1) is 10.6. The fourth-order valence-electron chi connectivity index (χ4n) is 16.8. The van der Waals surface area contributed by atoms with E-state index < -0.39 is 0 Å². The maximum absolute atomic E-state index is 4.63. The average Bonchev–Trinajstić information content (AvgIpc) is 3.15. The molecule has 12 aliphatic carbocycles. The Labute approximate surface area is 146 Å². The third kappa shape index (κ3) is 0.343. The number of alkyl halides is 2. The standard InChI is InChI=1S/C20H18Br2/c21-15-4-9-13-12(15)10-5-16(13,22)20-14-2-6-7-1-11(14)18(10,20)19(7,15)17(9,20)8(6)3-14/h6-13H,1-5H2. The van der Waals surface area contributed by atoms with Gasteiger partial charge in [-0.2, -0.15) is 0 Å². The molecule has 12 saturated carbocycles. The molecule has 0 aromatic rings. The van der Waals surface area contributed by atoms with Gasteiger partial charge in [0.1, 0.15) is 0 Å². The first kappa shape index (κ1) is 10.2. The number of hydrogen-bond acceptors (Lipinski definition) is 0. The Hall–Kier alpha value is 0.960. The van der Waals surface area contributed by atoms with Crippen molar-refractivity contribution in [1.29, 1.82) is 0 Å². The maximum Gasteiger partial charge on any atom is 0.0368 e. The van der Waals surface area contributed by atoms with E-state index >= 15 is 0 Å². The molecule has 6 bridgehead atoms. The van der Waals surface area contributed by atoms with Crippen LogP contribution in [0.25, 0.3) is 0 Å². The van der Waals surface area contributed by atoms with Gasteiger partial charge >= 0.3 is 0 Å². The first-order valence-corrected chi connectivity index (χ1v) is 11.6. The number of hydrogen-bond donors (Lipinski definition) is 0. The highest BCUT2D eigenvalue weighted by Gasteiger charge is 3.26. The van der Waals surface area contributed by atoms with Gasteiger partial charge in [0.05, 0.1) is 0 Å². The molecule has 12 fully saturated rings. The maximum atomic E-state index is 4.63. The third-order valence-corrected chi connectivity index (χ3v) is 17.1. The lowest BCUT2D eigenvalue weighted by molar-refractivity contribution is -0.424. The van der Waals surface area contributed by atoms with E-state index in [1.54, 1.807) is 32.1 Å². The highest BCUT2D eigenvalue weighted by Crippen LogP contribution is 3.28. The second kappa shape index (κ2) is 1.86.